The highest BCUT2D eigenvalue weighted by molar-refractivity contribution is 6.39. The topological polar surface area (TPSA) is 52.0 Å². The normalized spacial score (nSPS) is 14.9. The van der Waals surface area contributed by atoms with Crippen molar-refractivity contribution >= 4 is 7.28 Å². The average molecular weight is 212 g/mol. The van der Waals surface area contributed by atoms with Crippen LogP contribution in [0.2, 0.25) is 11.6 Å². The van der Waals surface area contributed by atoms with Gasteiger partial charge in [0.25, 0.3) is 0 Å². The second-order valence-electron chi connectivity index (χ2n) is 4.70. The quantitative estimate of drug-likeness (QED) is 0.546. The summed E-state index contributed by atoms with van der Waals surface area (Å²) in [6.45, 7) is 6.21. The average Bonchev–Trinajstić information content (AvgIpc) is 2.19. The van der Waals surface area contributed by atoms with E-state index in [1.165, 1.54) is 45.8 Å². The van der Waals surface area contributed by atoms with Crippen molar-refractivity contribution in [2.45, 2.75) is 64.0 Å². The van der Waals surface area contributed by atoms with Gasteiger partial charge in [0.1, 0.15) is 7.28 Å². The molecule has 0 aromatic rings. The molecule has 0 amide bonds. The highest BCUT2D eigenvalue weighted by Crippen LogP contribution is 2.26. The van der Waals surface area contributed by atoms with Gasteiger partial charge < -0.3 is 11.5 Å². The summed E-state index contributed by atoms with van der Waals surface area (Å²) >= 11 is 0. The van der Waals surface area contributed by atoms with Crippen LogP contribution in [0.4, 0.5) is 0 Å². The van der Waals surface area contributed by atoms with E-state index in [1.807, 2.05) is 0 Å². The Hall–Kier alpha value is -0.0151. The lowest BCUT2D eigenvalue weighted by Gasteiger charge is -2.20. The fourth-order valence-electron chi connectivity index (χ4n) is 2.52. The summed E-state index contributed by atoms with van der Waals surface area (Å²) in [5.74, 6) is 1.67. The molecule has 0 aliphatic carbocycles. The Morgan fingerprint density at radius 1 is 0.800 bits per heavy atom. The van der Waals surface area contributed by atoms with Gasteiger partial charge >= 0.3 is 0 Å². The predicted octanol–water partition coefficient (Wildman–Crippen LogP) is 2.30. The molecule has 2 unspecified atom stereocenters. The second-order valence-corrected chi connectivity index (χ2v) is 4.70. The lowest BCUT2D eigenvalue weighted by atomic mass is 9.51. The molecule has 0 saturated carbocycles. The summed E-state index contributed by atoms with van der Waals surface area (Å²) in [5.41, 5.74) is 11.3. The summed E-state index contributed by atoms with van der Waals surface area (Å²) in [5, 5.41) is 0. The van der Waals surface area contributed by atoms with E-state index in [-0.39, 0.29) is 0 Å². The van der Waals surface area contributed by atoms with Gasteiger partial charge in [-0.15, -0.1) is 0 Å². The summed E-state index contributed by atoms with van der Waals surface area (Å²) in [6.07, 6.45) is 7.62. The van der Waals surface area contributed by atoms with Crippen molar-refractivity contribution in [2.75, 3.05) is 13.1 Å². The molecule has 0 spiro atoms. The largest absolute Gasteiger partial charge is 0.330 e. The molecule has 0 rings (SSSR count). The Labute approximate surface area is 96.4 Å². The van der Waals surface area contributed by atoms with E-state index in [0.717, 1.165) is 24.7 Å². The highest BCUT2D eigenvalue weighted by atomic mass is 14.5. The van der Waals surface area contributed by atoms with Crippen molar-refractivity contribution in [3.63, 3.8) is 0 Å². The van der Waals surface area contributed by atoms with E-state index < -0.39 is 0 Å². The van der Waals surface area contributed by atoms with Crippen molar-refractivity contribution in [3.8, 4) is 0 Å². The fourth-order valence-corrected chi connectivity index (χ4v) is 2.52. The maximum absolute atomic E-state index is 5.66. The third-order valence-corrected chi connectivity index (χ3v) is 3.21. The third-order valence-electron chi connectivity index (χ3n) is 3.21. The van der Waals surface area contributed by atoms with Crippen LogP contribution in [0.15, 0.2) is 0 Å². The molecule has 0 heterocycles. The maximum Gasteiger partial charge on any atom is 0.127 e. The standard InChI is InChI=1S/C12H29BN2/c1-3-5-11(7-9-14)13-12(6-4-2)8-10-15/h11-13H,3-10,14-15H2,1-2H3. The molecule has 0 fully saturated rings. The smallest absolute Gasteiger partial charge is 0.127 e. The van der Waals surface area contributed by atoms with Crippen molar-refractivity contribution in [1.29, 1.82) is 0 Å². The molecule has 0 aliphatic rings. The van der Waals surface area contributed by atoms with Crippen LogP contribution in [0.3, 0.4) is 0 Å². The van der Waals surface area contributed by atoms with Crippen LogP contribution in [0.1, 0.15) is 52.4 Å². The maximum atomic E-state index is 5.66. The molecule has 0 bridgehead atoms. The monoisotopic (exact) mass is 212 g/mol. The van der Waals surface area contributed by atoms with Gasteiger partial charge in [0.2, 0.25) is 0 Å². The summed E-state index contributed by atoms with van der Waals surface area (Å²) in [7, 11) is 1.34. The van der Waals surface area contributed by atoms with E-state index >= 15 is 0 Å². The minimum Gasteiger partial charge on any atom is -0.330 e. The number of hydrogen-bond donors (Lipinski definition) is 2. The molecule has 0 radical (unpaired) electrons. The zero-order valence-electron chi connectivity index (χ0n) is 10.7. The van der Waals surface area contributed by atoms with Gasteiger partial charge in [-0.2, -0.15) is 0 Å². The first-order valence-electron chi connectivity index (χ1n) is 6.68. The van der Waals surface area contributed by atoms with Crippen LogP contribution in [-0.4, -0.2) is 20.4 Å². The summed E-state index contributed by atoms with van der Waals surface area (Å²) in [4.78, 5) is 0. The van der Waals surface area contributed by atoms with Gasteiger partial charge in [-0.1, -0.05) is 51.2 Å². The van der Waals surface area contributed by atoms with Gasteiger partial charge in [0, 0.05) is 0 Å². The fraction of sp³-hybridized carbons (Fsp3) is 1.00. The Morgan fingerprint density at radius 3 is 1.47 bits per heavy atom. The van der Waals surface area contributed by atoms with Gasteiger partial charge in [0.15, 0.2) is 0 Å². The molecule has 0 aromatic heterocycles. The van der Waals surface area contributed by atoms with Gasteiger partial charge in [0.05, 0.1) is 0 Å². The molecule has 3 heteroatoms. The second kappa shape index (κ2) is 10.5. The Bertz CT molecular complexity index is 105. The molecule has 0 aliphatic heterocycles. The minimum absolute atomic E-state index is 0.836. The van der Waals surface area contributed by atoms with E-state index in [2.05, 4.69) is 13.8 Å². The van der Waals surface area contributed by atoms with Gasteiger partial charge in [-0.3, -0.25) is 0 Å². The van der Waals surface area contributed by atoms with E-state index in [4.69, 9.17) is 11.5 Å². The molecule has 90 valence electrons. The van der Waals surface area contributed by atoms with Crippen LogP contribution in [0.25, 0.3) is 0 Å². The van der Waals surface area contributed by atoms with E-state index in [9.17, 15) is 0 Å². The Balaban J connectivity index is 3.93. The highest BCUT2D eigenvalue weighted by Gasteiger charge is 2.16. The number of nitrogens with two attached hydrogens (primary N) is 2. The Kier molecular flexibility index (Phi) is 10.5. The molecule has 2 atom stereocenters. The zero-order chi connectivity index (χ0) is 11.5. The zero-order valence-corrected chi connectivity index (χ0v) is 10.7. The molecule has 2 nitrogen and oxygen atoms in total. The minimum atomic E-state index is 0.836. The molecule has 4 N–H and O–H groups in total. The summed E-state index contributed by atoms with van der Waals surface area (Å²) in [6, 6.07) is 0. The van der Waals surface area contributed by atoms with Crippen LogP contribution >= 0.6 is 0 Å². The molecule has 0 aromatic carbocycles. The van der Waals surface area contributed by atoms with Crippen LogP contribution in [0.5, 0.6) is 0 Å². The van der Waals surface area contributed by atoms with Crippen LogP contribution in [-0.2, 0) is 0 Å². The van der Waals surface area contributed by atoms with Crippen molar-refractivity contribution in [1.82, 2.24) is 0 Å². The van der Waals surface area contributed by atoms with Crippen molar-refractivity contribution in [2.24, 2.45) is 11.5 Å². The van der Waals surface area contributed by atoms with Crippen LogP contribution < -0.4 is 11.5 Å². The number of hydrogen-bond acceptors (Lipinski definition) is 2. The van der Waals surface area contributed by atoms with Crippen molar-refractivity contribution in [3.05, 3.63) is 0 Å². The first-order valence-corrected chi connectivity index (χ1v) is 6.68. The van der Waals surface area contributed by atoms with Gasteiger partial charge in [-0.25, -0.2) is 0 Å². The van der Waals surface area contributed by atoms with Crippen LogP contribution in [0, 0.1) is 0 Å². The summed E-state index contributed by atoms with van der Waals surface area (Å²) < 4.78 is 0. The predicted molar refractivity (Wildman–Crippen MR) is 71.8 cm³/mol. The first-order chi connectivity index (χ1) is 7.28. The molecule has 15 heavy (non-hydrogen) atoms. The SMILES string of the molecule is CCCC(BC(CCC)CCN)CCN. The van der Waals surface area contributed by atoms with E-state index in [0.29, 0.717) is 0 Å². The Morgan fingerprint density at radius 2 is 1.20 bits per heavy atom. The van der Waals surface area contributed by atoms with Crippen molar-refractivity contribution < 1.29 is 0 Å². The van der Waals surface area contributed by atoms with E-state index in [1.54, 1.807) is 0 Å². The van der Waals surface area contributed by atoms with Gasteiger partial charge in [-0.05, 0) is 25.9 Å². The first kappa shape index (κ1) is 15.0. The number of rotatable bonds is 10. The lowest BCUT2D eigenvalue weighted by Crippen LogP contribution is -2.17. The molecular formula is C12H29BN2. The molecule has 0 saturated heterocycles. The molecular weight excluding hydrogens is 183 g/mol. The third kappa shape index (κ3) is 7.86. The lowest BCUT2D eigenvalue weighted by molar-refractivity contribution is 0.619.